The van der Waals surface area contributed by atoms with Crippen LogP contribution >= 0.6 is 31.9 Å². The first-order valence-corrected chi connectivity index (χ1v) is 7.86. The van der Waals surface area contributed by atoms with Gasteiger partial charge in [0.1, 0.15) is 17.5 Å². The molecule has 0 fully saturated rings. The normalized spacial score (nSPS) is 12.5. The topological polar surface area (TPSA) is 12.0 Å². The number of halogens is 5. The number of hydrogen-bond acceptors (Lipinski definition) is 1. The predicted octanol–water partition coefficient (Wildman–Crippen LogP) is 5.33. The number of rotatable bonds is 4. The lowest BCUT2D eigenvalue weighted by Crippen LogP contribution is -2.25. The molecule has 0 aliphatic rings. The van der Waals surface area contributed by atoms with Crippen molar-refractivity contribution in [3.8, 4) is 0 Å². The van der Waals surface area contributed by atoms with Crippen LogP contribution in [0, 0.1) is 17.5 Å². The second-order valence-corrected chi connectivity index (χ2v) is 6.18. The fourth-order valence-electron chi connectivity index (χ4n) is 2.11. The average molecular weight is 423 g/mol. The molecule has 1 N–H and O–H groups in total. The summed E-state index contributed by atoms with van der Waals surface area (Å²) in [7, 11) is 0. The van der Waals surface area contributed by atoms with Crippen molar-refractivity contribution in [1.82, 2.24) is 5.32 Å². The fraction of sp³-hybridized carbons (Fsp3) is 0.200. The first kappa shape index (κ1) is 16.5. The molecule has 0 aliphatic carbocycles. The number of hydrogen-bond donors (Lipinski definition) is 1. The Morgan fingerprint density at radius 2 is 1.76 bits per heavy atom. The average Bonchev–Trinajstić information content (AvgIpc) is 2.43. The van der Waals surface area contributed by atoms with E-state index in [0.29, 0.717) is 11.0 Å². The molecule has 1 nitrogen and oxygen atoms in total. The van der Waals surface area contributed by atoms with Gasteiger partial charge in [0, 0.05) is 15.6 Å². The van der Waals surface area contributed by atoms with Gasteiger partial charge in [0.05, 0.1) is 10.5 Å². The van der Waals surface area contributed by atoms with Crippen LogP contribution in [0.2, 0.25) is 0 Å². The monoisotopic (exact) mass is 421 g/mol. The molecule has 1 unspecified atom stereocenters. The number of nitrogens with one attached hydrogen (secondary N) is 1. The van der Waals surface area contributed by atoms with E-state index in [4.69, 9.17) is 0 Å². The van der Waals surface area contributed by atoms with Gasteiger partial charge < -0.3 is 5.32 Å². The standard InChI is InChI=1S/C15H12Br2F3N/c1-2-21-15(9-4-3-8(16)7-12(9)19)13-11(18)6-5-10(17)14(13)20/h3-7,15,21H,2H2,1H3. The molecule has 0 saturated carbocycles. The highest BCUT2D eigenvalue weighted by molar-refractivity contribution is 9.10. The van der Waals surface area contributed by atoms with E-state index in [1.165, 1.54) is 18.2 Å². The summed E-state index contributed by atoms with van der Waals surface area (Å²) in [6.07, 6.45) is 0. The maximum Gasteiger partial charge on any atom is 0.145 e. The molecule has 2 aromatic rings. The smallest absolute Gasteiger partial charge is 0.145 e. The maximum absolute atomic E-state index is 14.3. The van der Waals surface area contributed by atoms with Crippen molar-refractivity contribution in [3.05, 3.63) is 67.9 Å². The molecule has 2 rings (SSSR count). The van der Waals surface area contributed by atoms with Gasteiger partial charge in [-0.05, 0) is 46.7 Å². The molecule has 2 aromatic carbocycles. The summed E-state index contributed by atoms with van der Waals surface area (Å²) >= 11 is 6.20. The Morgan fingerprint density at radius 3 is 2.38 bits per heavy atom. The van der Waals surface area contributed by atoms with Gasteiger partial charge in [0.2, 0.25) is 0 Å². The van der Waals surface area contributed by atoms with Gasteiger partial charge >= 0.3 is 0 Å². The zero-order valence-electron chi connectivity index (χ0n) is 11.1. The zero-order chi connectivity index (χ0) is 15.6. The third-order valence-electron chi connectivity index (χ3n) is 3.05. The SMILES string of the molecule is CCNC(c1ccc(Br)cc1F)c1c(F)ccc(Br)c1F. The van der Waals surface area contributed by atoms with Crippen LogP contribution in [0.15, 0.2) is 39.3 Å². The number of benzene rings is 2. The molecule has 0 heterocycles. The quantitative estimate of drug-likeness (QED) is 0.656. The molecule has 0 saturated heterocycles. The van der Waals surface area contributed by atoms with Crippen LogP contribution in [-0.2, 0) is 0 Å². The summed E-state index contributed by atoms with van der Waals surface area (Å²) in [6, 6.07) is 5.95. The Bertz CT molecular complexity index is 662. The summed E-state index contributed by atoms with van der Waals surface area (Å²) in [5.41, 5.74) is -0.0107. The van der Waals surface area contributed by atoms with Crippen molar-refractivity contribution < 1.29 is 13.2 Å². The Morgan fingerprint density at radius 1 is 1.05 bits per heavy atom. The van der Waals surface area contributed by atoms with Crippen LogP contribution in [-0.4, -0.2) is 6.54 Å². The summed E-state index contributed by atoms with van der Waals surface area (Å²) < 4.78 is 43.2. The summed E-state index contributed by atoms with van der Waals surface area (Å²) in [4.78, 5) is 0. The van der Waals surface area contributed by atoms with Crippen molar-refractivity contribution in [1.29, 1.82) is 0 Å². The molecule has 0 aliphatic heterocycles. The summed E-state index contributed by atoms with van der Waals surface area (Å²) in [5.74, 6) is -1.98. The second kappa shape index (κ2) is 6.94. The Hall–Kier alpha value is -0.850. The van der Waals surface area contributed by atoms with Gasteiger partial charge in [-0.1, -0.05) is 28.9 Å². The van der Waals surface area contributed by atoms with E-state index in [9.17, 15) is 13.2 Å². The molecule has 0 amide bonds. The molecule has 0 spiro atoms. The molecule has 1 atom stereocenters. The minimum atomic E-state index is -0.902. The van der Waals surface area contributed by atoms with Gasteiger partial charge in [-0.15, -0.1) is 0 Å². The van der Waals surface area contributed by atoms with Crippen molar-refractivity contribution in [3.63, 3.8) is 0 Å². The predicted molar refractivity (Wildman–Crippen MR) is 83.7 cm³/mol. The molecule has 6 heteroatoms. The van der Waals surface area contributed by atoms with Crippen LogP contribution in [0.25, 0.3) is 0 Å². The Labute approximate surface area is 137 Å². The van der Waals surface area contributed by atoms with Gasteiger partial charge in [0.15, 0.2) is 0 Å². The lowest BCUT2D eigenvalue weighted by molar-refractivity contribution is 0.493. The van der Waals surface area contributed by atoms with E-state index in [2.05, 4.69) is 37.2 Å². The van der Waals surface area contributed by atoms with E-state index < -0.39 is 23.5 Å². The van der Waals surface area contributed by atoms with Crippen molar-refractivity contribution in [2.24, 2.45) is 0 Å². The van der Waals surface area contributed by atoms with E-state index in [0.717, 1.165) is 6.07 Å². The van der Waals surface area contributed by atoms with Gasteiger partial charge in [-0.2, -0.15) is 0 Å². The highest BCUT2D eigenvalue weighted by Gasteiger charge is 2.25. The minimum Gasteiger partial charge on any atom is -0.306 e. The Balaban J connectivity index is 2.61. The van der Waals surface area contributed by atoms with Crippen LogP contribution in [0.3, 0.4) is 0 Å². The molecule has 0 bridgehead atoms. The zero-order valence-corrected chi connectivity index (χ0v) is 14.2. The largest absolute Gasteiger partial charge is 0.306 e. The lowest BCUT2D eigenvalue weighted by Gasteiger charge is -2.21. The summed E-state index contributed by atoms with van der Waals surface area (Å²) in [5, 5.41) is 2.93. The molecule has 0 radical (unpaired) electrons. The molecular weight excluding hydrogens is 411 g/mol. The molecule has 0 aromatic heterocycles. The first-order chi connectivity index (χ1) is 9.95. The molecule has 112 valence electrons. The lowest BCUT2D eigenvalue weighted by atomic mass is 9.97. The Kier molecular flexibility index (Phi) is 5.46. The van der Waals surface area contributed by atoms with E-state index in [1.807, 2.05) is 0 Å². The first-order valence-electron chi connectivity index (χ1n) is 6.27. The molecule has 21 heavy (non-hydrogen) atoms. The van der Waals surface area contributed by atoms with Gasteiger partial charge in [-0.25, -0.2) is 13.2 Å². The van der Waals surface area contributed by atoms with E-state index in [1.54, 1.807) is 13.0 Å². The van der Waals surface area contributed by atoms with Gasteiger partial charge in [-0.3, -0.25) is 0 Å². The minimum absolute atomic E-state index is 0.138. The van der Waals surface area contributed by atoms with E-state index >= 15 is 0 Å². The van der Waals surface area contributed by atoms with Crippen LogP contribution in [0.1, 0.15) is 24.1 Å². The van der Waals surface area contributed by atoms with Crippen LogP contribution in [0.4, 0.5) is 13.2 Å². The van der Waals surface area contributed by atoms with Crippen molar-refractivity contribution >= 4 is 31.9 Å². The van der Waals surface area contributed by atoms with Gasteiger partial charge in [0.25, 0.3) is 0 Å². The van der Waals surface area contributed by atoms with Crippen molar-refractivity contribution in [2.45, 2.75) is 13.0 Å². The van der Waals surface area contributed by atoms with Crippen LogP contribution in [0.5, 0.6) is 0 Å². The third kappa shape index (κ3) is 3.49. The highest BCUT2D eigenvalue weighted by Crippen LogP contribution is 2.32. The fourth-order valence-corrected chi connectivity index (χ4v) is 2.79. The van der Waals surface area contributed by atoms with Crippen LogP contribution < -0.4 is 5.32 Å². The van der Waals surface area contributed by atoms with Crippen molar-refractivity contribution in [2.75, 3.05) is 6.54 Å². The third-order valence-corrected chi connectivity index (χ3v) is 4.16. The second-order valence-electron chi connectivity index (χ2n) is 4.41. The summed E-state index contributed by atoms with van der Waals surface area (Å²) in [6.45, 7) is 2.23. The maximum atomic E-state index is 14.3. The molecular formula is C15H12Br2F3N. The highest BCUT2D eigenvalue weighted by atomic mass is 79.9. The van der Waals surface area contributed by atoms with E-state index in [-0.39, 0.29) is 15.6 Å².